The maximum atomic E-state index is 13.6. The number of methoxy groups -OCH3 is 2. The molecule has 0 spiro atoms. The van der Waals surface area contributed by atoms with Gasteiger partial charge in [-0.25, -0.2) is 8.42 Å². The van der Waals surface area contributed by atoms with Crippen LogP contribution in [0.5, 0.6) is 11.5 Å². The average molecular weight is 563 g/mol. The standard InChI is InChI=1S/C27H31ClN2O5S2/c1-20-7-4-5-8-21(20)19-36-16-6-15-29-27(31)18-30(23-11-9-22(28)10-12-23)37(32,33)24-13-14-25(34-2)26(17-24)35-3/h4-5,7-14,17H,6,15-16,18-19H2,1-3H3,(H,29,31). The molecular formula is C27H31ClN2O5S2. The predicted octanol–water partition coefficient (Wildman–Crippen LogP) is 5.30. The Bertz CT molecular complexity index is 1300. The van der Waals surface area contributed by atoms with E-state index in [1.807, 2.05) is 12.1 Å². The first-order chi connectivity index (χ1) is 17.8. The van der Waals surface area contributed by atoms with Gasteiger partial charge in [-0.1, -0.05) is 35.9 Å². The monoisotopic (exact) mass is 562 g/mol. The highest BCUT2D eigenvalue weighted by Gasteiger charge is 2.28. The van der Waals surface area contributed by atoms with E-state index in [1.165, 1.54) is 43.5 Å². The van der Waals surface area contributed by atoms with Crippen LogP contribution in [-0.2, 0) is 20.6 Å². The molecule has 0 bridgehead atoms. The highest BCUT2D eigenvalue weighted by molar-refractivity contribution is 7.98. The number of nitrogens with one attached hydrogen (secondary N) is 1. The van der Waals surface area contributed by atoms with Crippen molar-refractivity contribution >= 4 is 45.0 Å². The number of amides is 1. The number of hydrogen-bond donors (Lipinski definition) is 1. The lowest BCUT2D eigenvalue weighted by molar-refractivity contribution is -0.119. The second kappa shape index (κ2) is 13.6. The molecule has 0 saturated carbocycles. The number of anilines is 1. The van der Waals surface area contributed by atoms with Crippen LogP contribution in [0.4, 0.5) is 5.69 Å². The van der Waals surface area contributed by atoms with Gasteiger partial charge in [-0.2, -0.15) is 11.8 Å². The van der Waals surface area contributed by atoms with Crippen molar-refractivity contribution in [1.82, 2.24) is 5.32 Å². The largest absolute Gasteiger partial charge is 0.493 e. The Balaban J connectivity index is 1.66. The summed E-state index contributed by atoms with van der Waals surface area (Å²) in [5.74, 6) is 2.06. The number of sulfonamides is 1. The molecule has 0 radical (unpaired) electrons. The van der Waals surface area contributed by atoms with Gasteiger partial charge in [0.15, 0.2) is 11.5 Å². The van der Waals surface area contributed by atoms with Gasteiger partial charge in [0.1, 0.15) is 6.54 Å². The Kier molecular flexibility index (Phi) is 10.5. The first-order valence-corrected chi connectivity index (χ1v) is 14.6. The molecule has 0 aromatic heterocycles. The number of rotatable bonds is 13. The SMILES string of the molecule is COc1ccc(S(=O)(=O)N(CC(=O)NCCCSCc2ccccc2C)c2ccc(Cl)cc2)cc1OC. The third-order valence-electron chi connectivity index (χ3n) is 5.65. The van der Waals surface area contributed by atoms with Gasteiger partial charge in [0.05, 0.1) is 24.8 Å². The lowest BCUT2D eigenvalue weighted by Crippen LogP contribution is -2.41. The van der Waals surface area contributed by atoms with Gasteiger partial charge in [-0.05, 0) is 66.6 Å². The van der Waals surface area contributed by atoms with Gasteiger partial charge in [-0.3, -0.25) is 9.10 Å². The molecule has 37 heavy (non-hydrogen) atoms. The fourth-order valence-corrected chi connectivity index (χ4v) is 6.17. The molecule has 0 saturated heterocycles. The van der Waals surface area contributed by atoms with Crippen LogP contribution in [-0.4, -0.2) is 47.4 Å². The minimum atomic E-state index is -4.10. The number of carbonyl (C=O) groups excluding carboxylic acids is 1. The highest BCUT2D eigenvalue weighted by Crippen LogP contribution is 2.32. The number of nitrogens with zero attached hydrogens (tertiary/aromatic N) is 1. The quantitative estimate of drug-likeness (QED) is 0.285. The van der Waals surface area contributed by atoms with Crippen LogP contribution in [0.1, 0.15) is 17.5 Å². The molecule has 0 unspecified atom stereocenters. The van der Waals surface area contributed by atoms with Gasteiger partial charge in [0, 0.05) is 23.4 Å². The van der Waals surface area contributed by atoms with Crippen molar-refractivity contribution < 1.29 is 22.7 Å². The summed E-state index contributed by atoms with van der Waals surface area (Å²) >= 11 is 7.80. The summed E-state index contributed by atoms with van der Waals surface area (Å²) in [5.41, 5.74) is 2.89. The number of thioether (sulfide) groups is 1. The van der Waals surface area contributed by atoms with Crippen molar-refractivity contribution in [1.29, 1.82) is 0 Å². The first-order valence-electron chi connectivity index (χ1n) is 11.7. The Morgan fingerprint density at radius 2 is 1.70 bits per heavy atom. The Labute approximate surface area is 228 Å². The van der Waals surface area contributed by atoms with E-state index in [1.54, 1.807) is 36.0 Å². The number of halogens is 1. The van der Waals surface area contributed by atoms with Crippen LogP contribution in [0, 0.1) is 6.92 Å². The van der Waals surface area contributed by atoms with E-state index in [0.29, 0.717) is 23.0 Å². The molecular weight excluding hydrogens is 532 g/mol. The number of benzene rings is 3. The number of ether oxygens (including phenoxy) is 2. The van der Waals surface area contributed by atoms with Crippen molar-refractivity contribution in [3.8, 4) is 11.5 Å². The first kappa shape index (κ1) is 28.7. The van der Waals surface area contributed by atoms with E-state index in [2.05, 4.69) is 24.4 Å². The fourth-order valence-electron chi connectivity index (χ4n) is 3.57. The molecule has 0 fully saturated rings. The number of aryl methyl sites for hydroxylation is 1. The molecule has 0 atom stereocenters. The van der Waals surface area contributed by atoms with E-state index >= 15 is 0 Å². The van der Waals surface area contributed by atoms with Crippen molar-refractivity contribution in [2.75, 3.05) is 37.4 Å². The molecule has 3 aromatic rings. The van der Waals surface area contributed by atoms with E-state index < -0.39 is 15.9 Å². The molecule has 10 heteroatoms. The fraction of sp³-hybridized carbons (Fsp3) is 0.296. The van der Waals surface area contributed by atoms with Gasteiger partial charge < -0.3 is 14.8 Å². The van der Waals surface area contributed by atoms with Crippen molar-refractivity contribution in [3.63, 3.8) is 0 Å². The van der Waals surface area contributed by atoms with Crippen molar-refractivity contribution in [2.45, 2.75) is 24.0 Å². The molecule has 3 aromatic carbocycles. The summed E-state index contributed by atoms with van der Waals surface area (Å²) in [6.07, 6.45) is 0.770. The Hall–Kier alpha value is -2.88. The minimum absolute atomic E-state index is 0.0273. The lowest BCUT2D eigenvalue weighted by atomic mass is 10.1. The molecule has 7 nitrogen and oxygen atoms in total. The molecule has 198 valence electrons. The van der Waals surface area contributed by atoms with Gasteiger partial charge in [-0.15, -0.1) is 0 Å². The topological polar surface area (TPSA) is 84.9 Å². The number of hydrogen-bond acceptors (Lipinski definition) is 6. The molecule has 1 amide bonds. The zero-order chi connectivity index (χ0) is 26.8. The summed E-state index contributed by atoms with van der Waals surface area (Å²) < 4.78 is 38.8. The molecule has 3 rings (SSSR count). The van der Waals surface area contributed by atoms with Gasteiger partial charge in [0.25, 0.3) is 10.0 Å². The summed E-state index contributed by atoms with van der Waals surface area (Å²) in [5, 5.41) is 3.30. The summed E-state index contributed by atoms with van der Waals surface area (Å²) in [7, 11) is -1.21. The zero-order valence-electron chi connectivity index (χ0n) is 21.1. The Morgan fingerprint density at radius 3 is 2.38 bits per heavy atom. The smallest absolute Gasteiger partial charge is 0.264 e. The summed E-state index contributed by atoms with van der Waals surface area (Å²) in [4.78, 5) is 12.8. The van der Waals surface area contributed by atoms with Crippen LogP contribution in [0.2, 0.25) is 5.02 Å². The average Bonchev–Trinajstić information content (AvgIpc) is 2.90. The van der Waals surface area contributed by atoms with Gasteiger partial charge in [0.2, 0.25) is 5.91 Å². The third kappa shape index (κ3) is 7.80. The second-order valence-corrected chi connectivity index (χ2v) is 11.6. The normalized spacial score (nSPS) is 11.1. The van der Waals surface area contributed by atoms with E-state index in [4.69, 9.17) is 21.1 Å². The number of carbonyl (C=O) groups is 1. The minimum Gasteiger partial charge on any atom is -0.493 e. The zero-order valence-corrected chi connectivity index (χ0v) is 23.5. The van der Waals surface area contributed by atoms with Crippen LogP contribution in [0.25, 0.3) is 0 Å². The van der Waals surface area contributed by atoms with E-state index in [9.17, 15) is 13.2 Å². The summed E-state index contributed by atoms with van der Waals surface area (Å²) in [6.45, 7) is 2.16. The third-order valence-corrected chi connectivity index (χ3v) is 8.77. The molecule has 0 aliphatic heterocycles. The van der Waals surface area contributed by atoms with E-state index in [-0.39, 0.29) is 17.2 Å². The maximum Gasteiger partial charge on any atom is 0.264 e. The summed E-state index contributed by atoms with van der Waals surface area (Å²) in [6, 6.07) is 18.9. The molecule has 0 heterocycles. The van der Waals surface area contributed by atoms with Crippen LogP contribution >= 0.6 is 23.4 Å². The molecule has 0 aliphatic rings. The molecule has 0 aliphatic carbocycles. The van der Waals surface area contributed by atoms with Crippen LogP contribution in [0.15, 0.2) is 71.6 Å². The predicted molar refractivity (Wildman–Crippen MR) is 150 cm³/mol. The van der Waals surface area contributed by atoms with Crippen LogP contribution < -0.4 is 19.1 Å². The van der Waals surface area contributed by atoms with Crippen molar-refractivity contribution in [2.24, 2.45) is 0 Å². The van der Waals surface area contributed by atoms with Gasteiger partial charge >= 0.3 is 0 Å². The van der Waals surface area contributed by atoms with Crippen molar-refractivity contribution in [3.05, 3.63) is 82.9 Å². The maximum absolute atomic E-state index is 13.6. The second-order valence-electron chi connectivity index (χ2n) is 8.19. The van der Waals surface area contributed by atoms with E-state index in [0.717, 1.165) is 22.2 Å². The Morgan fingerprint density at radius 1 is 1.00 bits per heavy atom. The molecule has 1 N–H and O–H groups in total. The lowest BCUT2D eigenvalue weighted by Gasteiger charge is -2.24. The highest BCUT2D eigenvalue weighted by atomic mass is 35.5. The van der Waals surface area contributed by atoms with Crippen LogP contribution in [0.3, 0.4) is 0 Å².